The molecule has 5 heteroatoms. The molecular formula is C24H27N3O2. The molecule has 150 valence electrons. The second-order valence-corrected chi connectivity index (χ2v) is 8.14. The summed E-state index contributed by atoms with van der Waals surface area (Å²) in [6.07, 6.45) is 2.39. The van der Waals surface area contributed by atoms with E-state index in [1.165, 1.54) is 12.8 Å². The zero-order chi connectivity index (χ0) is 20.9. The molecule has 1 aromatic heterocycles. The summed E-state index contributed by atoms with van der Waals surface area (Å²) in [6, 6.07) is 8.02. The minimum atomic E-state index is 0.317. The topological polar surface area (TPSA) is 84.6 Å². The fourth-order valence-corrected chi connectivity index (χ4v) is 3.90. The first-order chi connectivity index (χ1) is 13.8. The van der Waals surface area contributed by atoms with Gasteiger partial charge in [0.05, 0.1) is 17.1 Å². The van der Waals surface area contributed by atoms with Crippen LogP contribution in [0.1, 0.15) is 42.3 Å². The molecule has 1 fully saturated rings. The summed E-state index contributed by atoms with van der Waals surface area (Å²) in [4.78, 5) is 4.89. The molecular weight excluding hydrogens is 362 g/mol. The molecule has 1 aliphatic carbocycles. The minimum absolute atomic E-state index is 0.317. The van der Waals surface area contributed by atoms with Crippen LogP contribution in [0, 0.1) is 33.6 Å². The van der Waals surface area contributed by atoms with Gasteiger partial charge in [0.15, 0.2) is 0 Å². The van der Waals surface area contributed by atoms with Crippen LogP contribution in [0.3, 0.4) is 0 Å². The number of hydrogen-bond donors (Lipinski definition) is 2. The van der Waals surface area contributed by atoms with E-state index < -0.39 is 0 Å². The van der Waals surface area contributed by atoms with Gasteiger partial charge >= 0.3 is 0 Å². The number of rotatable bonds is 4. The van der Waals surface area contributed by atoms with Crippen LogP contribution >= 0.6 is 0 Å². The number of nitrogens with zero attached hydrogens (tertiary/aromatic N) is 2. The van der Waals surface area contributed by atoms with Crippen molar-refractivity contribution in [1.29, 1.82) is 0 Å². The van der Waals surface area contributed by atoms with E-state index in [-0.39, 0.29) is 0 Å². The Hall–Kier alpha value is -3.08. The molecule has 2 aromatic carbocycles. The predicted octanol–water partition coefficient (Wildman–Crippen LogP) is 6.03. The quantitative estimate of drug-likeness (QED) is 0.421. The first-order valence-electron chi connectivity index (χ1n) is 9.98. The van der Waals surface area contributed by atoms with Crippen LogP contribution in [0.5, 0.6) is 5.75 Å². The van der Waals surface area contributed by atoms with E-state index in [0.29, 0.717) is 17.4 Å². The van der Waals surface area contributed by atoms with Crippen molar-refractivity contribution in [2.45, 2.75) is 47.5 Å². The van der Waals surface area contributed by atoms with Gasteiger partial charge in [-0.05, 0) is 99.9 Å². The fraction of sp³-hybridized carbons (Fsp3) is 0.333. The lowest BCUT2D eigenvalue weighted by molar-refractivity contribution is 0.393. The van der Waals surface area contributed by atoms with E-state index in [4.69, 9.17) is 15.2 Å². The van der Waals surface area contributed by atoms with Gasteiger partial charge < -0.3 is 15.4 Å². The number of nitrogens with two attached hydrogens (primary N) is 1. The molecule has 0 unspecified atom stereocenters. The summed E-state index contributed by atoms with van der Waals surface area (Å²) >= 11 is 0. The monoisotopic (exact) mass is 389 g/mol. The van der Waals surface area contributed by atoms with Crippen molar-refractivity contribution in [2.24, 2.45) is 10.9 Å². The van der Waals surface area contributed by atoms with E-state index in [1.807, 2.05) is 45.9 Å². The molecule has 0 saturated heterocycles. The minimum Gasteiger partial charge on any atom is -0.507 e. The van der Waals surface area contributed by atoms with E-state index in [2.05, 4.69) is 18.1 Å². The van der Waals surface area contributed by atoms with Gasteiger partial charge in [-0.3, -0.25) is 4.99 Å². The third-order valence-electron chi connectivity index (χ3n) is 5.75. The molecule has 5 nitrogen and oxygen atoms in total. The number of hydrogen-bond acceptors (Lipinski definition) is 5. The third kappa shape index (κ3) is 3.53. The zero-order valence-electron chi connectivity index (χ0n) is 17.6. The summed E-state index contributed by atoms with van der Waals surface area (Å²) in [5.74, 6) is 1.65. The maximum absolute atomic E-state index is 10.2. The zero-order valence-corrected chi connectivity index (χ0v) is 17.6. The van der Waals surface area contributed by atoms with Gasteiger partial charge in [0, 0.05) is 16.8 Å². The molecule has 0 spiro atoms. The number of aryl methyl sites for hydroxylation is 4. The summed E-state index contributed by atoms with van der Waals surface area (Å²) in [6.45, 7) is 9.73. The first kappa shape index (κ1) is 19.2. The molecule has 0 amide bonds. The lowest BCUT2D eigenvalue weighted by Gasteiger charge is -2.15. The smallest absolute Gasteiger partial charge is 0.141 e. The highest BCUT2D eigenvalue weighted by Gasteiger charge is 2.25. The van der Waals surface area contributed by atoms with Crippen molar-refractivity contribution in [3.8, 4) is 28.0 Å². The highest BCUT2D eigenvalue weighted by molar-refractivity contribution is 5.95. The van der Waals surface area contributed by atoms with Crippen LogP contribution in [0.15, 0.2) is 33.8 Å². The van der Waals surface area contributed by atoms with Gasteiger partial charge in [-0.15, -0.1) is 0 Å². The van der Waals surface area contributed by atoms with Crippen LogP contribution in [0.2, 0.25) is 0 Å². The summed E-state index contributed by atoms with van der Waals surface area (Å²) in [7, 11) is 0. The second-order valence-electron chi connectivity index (χ2n) is 8.14. The van der Waals surface area contributed by atoms with Crippen molar-refractivity contribution in [1.82, 2.24) is 5.16 Å². The van der Waals surface area contributed by atoms with Gasteiger partial charge in [-0.2, -0.15) is 0 Å². The number of anilines is 1. The normalized spacial score (nSPS) is 14.4. The SMILES string of the molecule is CC(=Nc1cc(-c2c(C)noc2C)cc(-c2cc(C)c(O)c(C)c2)c1N)C1CC1. The number of phenols is 1. The molecule has 1 saturated carbocycles. The van der Waals surface area contributed by atoms with Crippen LogP contribution in [-0.2, 0) is 0 Å². The lowest BCUT2D eigenvalue weighted by atomic mass is 9.93. The van der Waals surface area contributed by atoms with Crippen LogP contribution < -0.4 is 5.73 Å². The maximum Gasteiger partial charge on any atom is 0.141 e. The van der Waals surface area contributed by atoms with Crippen LogP contribution in [0.4, 0.5) is 11.4 Å². The Balaban J connectivity index is 1.97. The molecule has 3 N–H and O–H groups in total. The van der Waals surface area contributed by atoms with E-state index in [9.17, 15) is 5.11 Å². The number of aliphatic imine (C=N–C) groups is 1. The molecule has 0 atom stereocenters. The van der Waals surface area contributed by atoms with Gasteiger partial charge in [0.1, 0.15) is 11.5 Å². The van der Waals surface area contributed by atoms with Crippen molar-refractivity contribution in [3.05, 3.63) is 46.8 Å². The third-order valence-corrected chi connectivity index (χ3v) is 5.75. The molecule has 1 heterocycles. The van der Waals surface area contributed by atoms with E-state index in [1.54, 1.807) is 0 Å². The predicted molar refractivity (Wildman–Crippen MR) is 118 cm³/mol. The van der Waals surface area contributed by atoms with Crippen molar-refractivity contribution in [2.75, 3.05) is 5.73 Å². The van der Waals surface area contributed by atoms with Crippen LogP contribution in [-0.4, -0.2) is 16.0 Å². The van der Waals surface area contributed by atoms with Crippen molar-refractivity contribution >= 4 is 17.1 Å². The Labute approximate surface area is 171 Å². The molecule has 4 rings (SSSR count). The van der Waals surface area contributed by atoms with E-state index in [0.717, 1.165) is 56.2 Å². The summed E-state index contributed by atoms with van der Waals surface area (Å²) < 4.78 is 5.40. The Kier molecular flexibility index (Phi) is 4.69. The summed E-state index contributed by atoms with van der Waals surface area (Å²) in [5, 5.41) is 14.3. The Morgan fingerprint density at radius 2 is 1.72 bits per heavy atom. The number of benzene rings is 2. The van der Waals surface area contributed by atoms with Gasteiger partial charge in [0.2, 0.25) is 0 Å². The van der Waals surface area contributed by atoms with Crippen molar-refractivity contribution < 1.29 is 9.63 Å². The molecule has 29 heavy (non-hydrogen) atoms. The fourth-order valence-electron chi connectivity index (χ4n) is 3.90. The van der Waals surface area contributed by atoms with Gasteiger partial charge in [0.25, 0.3) is 0 Å². The number of aromatic hydroxyl groups is 1. The van der Waals surface area contributed by atoms with E-state index >= 15 is 0 Å². The lowest BCUT2D eigenvalue weighted by Crippen LogP contribution is -1.97. The largest absolute Gasteiger partial charge is 0.507 e. The molecule has 1 aliphatic rings. The average molecular weight is 389 g/mol. The Morgan fingerprint density at radius 3 is 2.28 bits per heavy atom. The number of phenolic OH excluding ortho intramolecular Hbond substituents is 1. The van der Waals surface area contributed by atoms with Gasteiger partial charge in [-0.25, -0.2) is 0 Å². The summed E-state index contributed by atoms with van der Waals surface area (Å²) in [5.41, 5.74) is 15.4. The Bertz CT molecular complexity index is 1090. The second kappa shape index (κ2) is 7.07. The standard InChI is InChI=1S/C24H27N3O2/c1-12-8-18(9-13(2)24(12)28)20-10-19(22-15(4)27-29-16(22)5)11-21(23(20)25)26-14(3)17-6-7-17/h8-11,17,28H,6-7,25H2,1-5H3. The maximum atomic E-state index is 10.2. The van der Waals surface area contributed by atoms with Crippen LogP contribution in [0.25, 0.3) is 22.3 Å². The average Bonchev–Trinajstić information content (AvgIpc) is 3.47. The first-order valence-corrected chi connectivity index (χ1v) is 9.98. The molecule has 0 radical (unpaired) electrons. The highest BCUT2D eigenvalue weighted by Crippen LogP contribution is 2.42. The molecule has 0 bridgehead atoms. The molecule has 3 aromatic rings. The molecule has 0 aliphatic heterocycles. The van der Waals surface area contributed by atoms with Crippen molar-refractivity contribution in [3.63, 3.8) is 0 Å². The Morgan fingerprint density at radius 1 is 1.07 bits per heavy atom. The van der Waals surface area contributed by atoms with Gasteiger partial charge in [-0.1, -0.05) is 5.16 Å². The highest BCUT2D eigenvalue weighted by atomic mass is 16.5. The number of aromatic nitrogens is 1. The number of nitrogen functional groups attached to an aromatic ring is 1.